The van der Waals surface area contributed by atoms with Gasteiger partial charge in [0.25, 0.3) is 13.4 Å². The van der Waals surface area contributed by atoms with Crippen molar-refractivity contribution in [3.05, 3.63) is 366 Å². The van der Waals surface area contributed by atoms with Gasteiger partial charge in [-0.2, -0.15) is 0 Å². The number of hydrogen-bond donors (Lipinski definition) is 0. The van der Waals surface area contributed by atoms with E-state index < -0.39 is 5.41 Å². The second-order valence-corrected chi connectivity index (χ2v) is 38.8. The second-order valence-electron chi connectivity index (χ2n) is 38.8. The summed E-state index contributed by atoms with van der Waals surface area (Å²) in [7, 11) is 0. The van der Waals surface area contributed by atoms with Crippen molar-refractivity contribution in [3.8, 4) is 78.3 Å². The van der Waals surface area contributed by atoms with Gasteiger partial charge in [0, 0.05) is 50.9 Å². The molecule has 0 unspecified atom stereocenters. The number of ether oxygens (including phenoxy) is 1. The molecule has 0 aromatic heterocycles. The standard InChI is InChI=1S/C111H97B2N3O/c1-106(2,3)73-38-32-39-78(63-73)114-96-67-97-92(66-91(96)113-90-49-29-31-51-101(90)117-102-61-71(58-100(114)105(102)113)70-56-76(109(10,11)12)62-77(57-70)110(13,14)15)112-89-48-28-30-50-95(89)115(93-54-52-74(107(4,5)6)64-84(93)68-34-18-16-19-35-68)98-59-72(60-99(104(98)112)116(97)94-55-53-75(108(7,8)9)65-85(94)69-36-20-17-21-37-69)79-43-33-44-83-82-42-24-27-47-88(82)111(103(79)83)86-45-25-22-40-80(86)81-41-23-26-46-87(81)111/h16-67H,1-15H3. The maximum atomic E-state index is 7.53. The highest BCUT2D eigenvalue weighted by atomic mass is 16.5. The van der Waals surface area contributed by atoms with Crippen LogP contribution in [0.2, 0.25) is 0 Å². The van der Waals surface area contributed by atoms with Gasteiger partial charge in [-0.25, -0.2) is 0 Å². The fourth-order valence-electron chi connectivity index (χ4n) is 20.5. The minimum Gasteiger partial charge on any atom is -0.458 e. The highest BCUT2D eigenvalue weighted by Crippen LogP contribution is 2.65. The third kappa shape index (κ3) is 11.1. The Morgan fingerprint density at radius 3 is 1.22 bits per heavy atom. The Bertz CT molecular complexity index is 6570. The summed E-state index contributed by atoms with van der Waals surface area (Å²) >= 11 is 0. The summed E-state index contributed by atoms with van der Waals surface area (Å²) in [5.74, 6) is 1.76. The Labute approximate surface area is 692 Å². The SMILES string of the molecule is CC(C)(C)c1cccc(N2c3cc4c(cc3B3c5ccccc5Oc5cc(-c6cc(C(C)(C)C)cc(C(C)(C)C)c6)cc2c53)B2c3ccccc3N(c3ccc(C(C)(C)C)cc3-c3ccccc3)c3cc(-c5cccc6c5C5(c7ccccc7-c7ccccc75)c5ccccc5-6)cc(c32)N4c2ccc(C(C)(C)C)cc2-c2ccccc2)c1. The molecule has 0 bridgehead atoms. The summed E-state index contributed by atoms with van der Waals surface area (Å²) in [5, 5.41) is 0. The van der Waals surface area contributed by atoms with Crippen LogP contribution < -0.4 is 52.2 Å². The molecule has 4 aliphatic heterocycles. The summed E-state index contributed by atoms with van der Waals surface area (Å²) in [4.78, 5) is 8.06. The molecule has 6 aliphatic rings. The van der Waals surface area contributed by atoms with E-state index in [-0.39, 0.29) is 40.5 Å². The lowest BCUT2D eigenvalue weighted by molar-refractivity contribution is 0.487. The summed E-state index contributed by atoms with van der Waals surface area (Å²) in [6, 6.07) is 123. The molecule has 2 aliphatic carbocycles. The van der Waals surface area contributed by atoms with E-state index in [9.17, 15) is 0 Å². The average Bonchev–Trinajstić information content (AvgIpc) is 1.47. The Kier molecular flexibility index (Phi) is 16.0. The van der Waals surface area contributed by atoms with Crippen LogP contribution in [-0.2, 0) is 32.5 Å². The van der Waals surface area contributed by atoms with Crippen molar-refractivity contribution in [2.45, 2.75) is 136 Å². The zero-order valence-corrected chi connectivity index (χ0v) is 69.9. The molecule has 15 aromatic rings. The number of benzene rings is 15. The molecule has 0 radical (unpaired) electrons. The topological polar surface area (TPSA) is 19.0 Å². The van der Waals surface area contributed by atoms with Crippen molar-refractivity contribution < 1.29 is 4.74 Å². The Morgan fingerprint density at radius 1 is 0.231 bits per heavy atom. The Morgan fingerprint density at radius 2 is 0.658 bits per heavy atom. The molecule has 4 heterocycles. The highest BCUT2D eigenvalue weighted by molar-refractivity contribution is 7.02. The van der Waals surface area contributed by atoms with E-state index in [0.717, 1.165) is 90.4 Å². The molecule has 6 heteroatoms. The predicted molar refractivity (Wildman–Crippen MR) is 498 cm³/mol. The molecule has 0 saturated carbocycles. The number of fused-ring (bicyclic) bond motifs is 18. The van der Waals surface area contributed by atoms with Gasteiger partial charge in [0.15, 0.2) is 0 Å². The van der Waals surface area contributed by atoms with E-state index >= 15 is 0 Å². The van der Waals surface area contributed by atoms with Crippen molar-refractivity contribution >= 4 is 97.4 Å². The quantitative estimate of drug-likeness (QED) is 0.148. The van der Waals surface area contributed by atoms with Gasteiger partial charge < -0.3 is 19.4 Å². The lowest BCUT2D eigenvalue weighted by atomic mass is 9.30. The summed E-state index contributed by atoms with van der Waals surface area (Å²) in [5.41, 5.74) is 42.1. The minimum absolute atomic E-state index is 0.112. The van der Waals surface area contributed by atoms with Crippen molar-refractivity contribution in [1.82, 2.24) is 0 Å². The van der Waals surface area contributed by atoms with Crippen LogP contribution >= 0.6 is 0 Å². The van der Waals surface area contributed by atoms with Gasteiger partial charge in [-0.05, 0) is 244 Å². The minimum atomic E-state index is -0.646. The number of anilines is 9. The van der Waals surface area contributed by atoms with Crippen LogP contribution in [0, 0.1) is 0 Å². The van der Waals surface area contributed by atoms with Gasteiger partial charge in [0.1, 0.15) is 11.5 Å². The number of para-hydroxylation sites is 2. The van der Waals surface area contributed by atoms with Crippen molar-refractivity contribution in [3.63, 3.8) is 0 Å². The zero-order chi connectivity index (χ0) is 80.3. The largest absolute Gasteiger partial charge is 0.458 e. The normalized spacial score (nSPS) is 14.3. The molecular formula is C111H97B2N3O. The molecule has 0 saturated heterocycles. The molecular weight excluding hydrogens is 1410 g/mol. The first-order valence-corrected chi connectivity index (χ1v) is 42.1. The van der Waals surface area contributed by atoms with Crippen LogP contribution in [0.1, 0.15) is 154 Å². The van der Waals surface area contributed by atoms with Crippen molar-refractivity contribution in [1.29, 1.82) is 0 Å². The van der Waals surface area contributed by atoms with Gasteiger partial charge in [0.2, 0.25) is 0 Å². The van der Waals surface area contributed by atoms with Gasteiger partial charge in [-0.1, -0.05) is 340 Å². The van der Waals surface area contributed by atoms with E-state index in [4.69, 9.17) is 4.74 Å². The zero-order valence-electron chi connectivity index (χ0n) is 69.9. The monoisotopic (exact) mass is 1510 g/mol. The maximum Gasteiger partial charge on any atom is 0.256 e. The fraction of sp³-hybridized carbons (Fsp3) is 0.189. The highest BCUT2D eigenvalue weighted by Gasteiger charge is 2.54. The van der Waals surface area contributed by atoms with Crippen molar-refractivity contribution in [2.24, 2.45) is 0 Å². The molecule has 21 rings (SSSR count). The van der Waals surface area contributed by atoms with E-state index in [1.807, 2.05) is 0 Å². The first kappa shape index (κ1) is 72.3. The Hall–Kier alpha value is -12.4. The van der Waals surface area contributed by atoms with Crippen LogP contribution in [0.4, 0.5) is 51.2 Å². The van der Waals surface area contributed by atoms with Crippen molar-refractivity contribution in [2.75, 3.05) is 14.7 Å². The van der Waals surface area contributed by atoms with E-state index in [1.54, 1.807) is 0 Å². The van der Waals surface area contributed by atoms with Gasteiger partial charge in [-0.15, -0.1) is 0 Å². The van der Waals surface area contributed by atoms with Crippen LogP contribution in [0.15, 0.2) is 315 Å². The summed E-state index contributed by atoms with van der Waals surface area (Å²) in [6.07, 6.45) is 0. The third-order valence-corrected chi connectivity index (χ3v) is 26.4. The number of rotatable bonds is 7. The average molecular weight is 1510 g/mol. The smallest absolute Gasteiger partial charge is 0.256 e. The van der Waals surface area contributed by atoms with Crippen LogP contribution in [0.3, 0.4) is 0 Å². The van der Waals surface area contributed by atoms with Gasteiger partial charge >= 0.3 is 0 Å². The molecule has 117 heavy (non-hydrogen) atoms. The molecule has 0 fully saturated rings. The van der Waals surface area contributed by atoms with Gasteiger partial charge in [-0.3, -0.25) is 0 Å². The molecule has 568 valence electrons. The molecule has 0 N–H and O–H groups in total. The van der Waals surface area contributed by atoms with Crippen LogP contribution in [0.25, 0.3) is 66.8 Å². The lowest BCUT2D eigenvalue weighted by Gasteiger charge is -2.47. The predicted octanol–water partition coefficient (Wildman–Crippen LogP) is 25.7. The second kappa shape index (κ2) is 25.8. The molecule has 1 spiro atoms. The number of hydrogen-bond acceptors (Lipinski definition) is 4. The van der Waals surface area contributed by atoms with E-state index in [2.05, 4.69) is 434 Å². The van der Waals surface area contributed by atoms with Crippen LogP contribution in [-0.4, -0.2) is 13.4 Å². The van der Waals surface area contributed by atoms with E-state index in [1.165, 1.54) is 122 Å². The number of nitrogens with zero attached hydrogens (tertiary/aromatic N) is 3. The Balaban J connectivity index is 0.928. The lowest BCUT2D eigenvalue weighted by Crippen LogP contribution is -2.64. The maximum absolute atomic E-state index is 7.53. The van der Waals surface area contributed by atoms with Gasteiger partial charge in [0.05, 0.1) is 16.8 Å². The molecule has 15 aromatic carbocycles. The first-order chi connectivity index (χ1) is 56.2. The molecule has 4 nitrogen and oxygen atoms in total. The first-order valence-electron chi connectivity index (χ1n) is 42.1. The fourth-order valence-corrected chi connectivity index (χ4v) is 20.5. The van der Waals surface area contributed by atoms with E-state index in [0.29, 0.717) is 0 Å². The summed E-state index contributed by atoms with van der Waals surface area (Å²) < 4.78 is 7.53. The molecule has 0 amide bonds. The molecule has 0 atom stereocenters. The summed E-state index contributed by atoms with van der Waals surface area (Å²) in [6.45, 7) is 34.7. The third-order valence-electron chi connectivity index (χ3n) is 26.4. The van der Waals surface area contributed by atoms with Crippen LogP contribution in [0.5, 0.6) is 11.5 Å².